The van der Waals surface area contributed by atoms with Crippen molar-refractivity contribution >= 4 is 40.0 Å². The fraction of sp³-hybridized carbons (Fsp3) is 0.500. The molecule has 0 unspecified atom stereocenters. The Hall–Kier alpha value is -0.870. The highest BCUT2D eigenvalue weighted by Gasteiger charge is 2.15. The van der Waals surface area contributed by atoms with E-state index in [4.69, 9.17) is 5.14 Å². The summed E-state index contributed by atoms with van der Waals surface area (Å²) in [4.78, 5) is 6.94. The number of primary sulfonamides is 1. The summed E-state index contributed by atoms with van der Waals surface area (Å²) in [7, 11) is -3.66. The highest BCUT2D eigenvalue weighted by molar-refractivity contribution is 14.0. The lowest BCUT2D eigenvalue weighted by Crippen LogP contribution is -2.39. The first-order valence-corrected chi connectivity index (χ1v) is 8.70. The van der Waals surface area contributed by atoms with E-state index >= 15 is 0 Å². The molecule has 0 spiro atoms. The molecular formula is C14H23IN4O2S. The first-order chi connectivity index (χ1) is 10.0. The standard InChI is InChI=1S/C14H22N4O2S.HI/c1-2-16-14(18-8-3-4-9-18)17-11-12-6-5-7-13(10-12)21(15,19)20;/h5-7,10H,2-4,8-9,11H2,1H3,(H,16,17)(H2,15,19,20);1H. The predicted octanol–water partition coefficient (Wildman–Crippen LogP) is 1.51. The third kappa shape index (κ3) is 5.40. The fourth-order valence-electron chi connectivity index (χ4n) is 2.34. The maximum Gasteiger partial charge on any atom is 0.238 e. The van der Waals surface area contributed by atoms with Crippen molar-refractivity contribution in [3.63, 3.8) is 0 Å². The summed E-state index contributed by atoms with van der Waals surface area (Å²) in [6.07, 6.45) is 2.37. The third-order valence-electron chi connectivity index (χ3n) is 3.38. The van der Waals surface area contributed by atoms with Gasteiger partial charge in [0.15, 0.2) is 5.96 Å². The second-order valence-electron chi connectivity index (χ2n) is 5.06. The number of likely N-dealkylation sites (tertiary alicyclic amines) is 1. The van der Waals surface area contributed by atoms with E-state index in [9.17, 15) is 8.42 Å². The molecule has 0 bridgehead atoms. The van der Waals surface area contributed by atoms with Crippen LogP contribution in [0, 0.1) is 0 Å². The second kappa shape index (κ2) is 8.68. The quantitative estimate of drug-likeness (QED) is 0.424. The first kappa shape index (κ1) is 19.2. The average molecular weight is 438 g/mol. The number of hydrogen-bond donors (Lipinski definition) is 2. The Balaban J connectivity index is 0.00000242. The molecule has 1 aliphatic rings. The molecule has 0 amide bonds. The van der Waals surface area contributed by atoms with Gasteiger partial charge in [-0.25, -0.2) is 18.5 Å². The third-order valence-corrected chi connectivity index (χ3v) is 4.29. The van der Waals surface area contributed by atoms with E-state index in [1.165, 1.54) is 18.9 Å². The van der Waals surface area contributed by atoms with Crippen molar-refractivity contribution in [3.05, 3.63) is 29.8 Å². The molecule has 6 nitrogen and oxygen atoms in total. The summed E-state index contributed by atoms with van der Waals surface area (Å²) >= 11 is 0. The lowest BCUT2D eigenvalue weighted by atomic mass is 10.2. The summed E-state index contributed by atoms with van der Waals surface area (Å²) in [5.41, 5.74) is 0.830. The maximum absolute atomic E-state index is 11.4. The van der Waals surface area contributed by atoms with E-state index in [1.807, 2.05) is 13.0 Å². The molecule has 1 aromatic carbocycles. The molecule has 1 aliphatic heterocycles. The van der Waals surface area contributed by atoms with Gasteiger partial charge in [0.05, 0.1) is 11.4 Å². The topological polar surface area (TPSA) is 87.8 Å². The Bertz CT molecular complexity index is 613. The van der Waals surface area contributed by atoms with Crippen molar-refractivity contribution in [1.82, 2.24) is 10.2 Å². The fourth-order valence-corrected chi connectivity index (χ4v) is 2.93. The maximum atomic E-state index is 11.4. The predicted molar refractivity (Wildman–Crippen MR) is 98.9 cm³/mol. The minimum absolute atomic E-state index is 0. The van der Waals surface area contributed by atoms with Gasteiger partial charge in [0.1, 0.15) is 0 Å². The highest BCUT2D eigenvalue weighted by Crippen LogP contribution is 2.12. The van der Waals surface area contributed by atoms with Crippen molar-refractivity contribution in [2.75, 3.05) is 19.6 Å². The first-order valence-electron chi connectivity index (χ1n) is 7.15. The number of guanidine groups is 1. The molecule has 3 N–H and O–H groups in total. The van der Waals surface area contributed by atoms with Gasteiger partial charge in [-0.2, -0.15) is 0 Å². The highest BCUT2D eigenvalue weighted by atomic mass is 127. The molecule has 0 radical (unpaired) electrons. The molecule has 1 heterocycles. The van der Waals surface area contributed by atoms with Crippen molar-refractivity contribution < 1.29 is 8.42 Å². The number of rotatable bonds is 4. The zero-order valence-corrected chi connectivity index (χ0v) is 15.8. The van der Waals surface area contributed by atoms with Gasteiger partial charge in [-0.05, 0) is 37.5 Å². The van der Waals surface area contributed by atoms with Crippen LogP contribution in [0.25, 0.3) is 0 Å². The molecule has 1 fully saturated rings. The molecule has 124 valence electrons. The number of halogens is 1. The smallest absolute Gasteiger partial charge is 0.238 e. The summed E-state index contributed by atoms with van der Waals surface area (Å²) in [6.45, 7) is 5.31. The van der Waals surface area contributed by atoms with E-state index in [0.717, 1.165) is 31.2 Å². The van der Waals surface area contributed by atoms with Gasteiger partial charge in [0.25, 0.3) is 0 Å². The van der Waals surface area contributed by atoms with Gasteiger partial charge in [-0.1, -0.05) is 12.1 Å². The second-order valence-corrected chi connectivity index (χ2v) is 6.62. The summed E-state index contributed by atoms with van der Waals surface area (Å²) in [5.74, 6) is 0.885. The van der Waals surface area contributed by atoms with Crippen molar-refractivity contribution in [1.29, 1.82) is 0 Å². The van der Waals surface area contributed by atoms with Crippen LogP contribution in [-0.4, -0.2) is 38.9 Å². The van der Waals surface area contributed by atoms with Crippen LogP contribution in [0.5, 0.6) is 0 Å². The van der Waals surface area contributed by atoms with Crippen LogP contribution in [0.3, 0.4) is 0 Å². The Kier molecular flexibility index (Phi) is 7.57. The SMILES string of the molecule is CCNC(=NCc1cccc(S(N)(=O)=O)c1)N1CCCC1.I. The van der Waals surface area contributed by atoms with Gasteiger partial charge in [-0.15, -0.1) is 24.0 Å². The van der Waals surface area contributed by atoms with Gasteiger partial charge in [0, 0.05) is 19.6 Å². The minimum atomic E-state index is -3.66. The zero-order chi connectivity index (χ0) is 15.3. The van der Waals surface area contributed by atoms with E-state index in [0.29, 0.717) is 6.54 Å². The van der Waals surface area contributed by atoms with Gasteiger partial charge < -0.3 is 10.2 Å². The number of sulfonamides is 1. The van der Waals surface area contributed by atoms with Crippen LogP contribution in [-0.2, 0) is 16.6 Å². The molecule has 1 saturated heterocycles. The number of hydrogen-bond acceptors (Lipinski definition) is 3. The lowest BCUT2D eigenvalue weighted by molar-refractivity contribution is 0.493. The molecule has 0 atom stereocenters. The lowest BCUT2D eigenvalue weighted by Gasteiger charge is -2.20. The van der Waals surface area contributed by atoms with Crippen molar-refractivity contribution in [2.24, 2.45) is 10.1 Å². The monoisotopic (exact) mass is 438 g/mol. The molecule has 8 heteroatoms. The number of nitrogens with two attached hydrogens (primary N) is 1. The van der Waals surface area contributed by atoms with Gasteiger partial charge >= 0.3 is 0 Å². The molecule has 22 heavy (non-hydrogen) atoms. The van der Waals surface area contributed by atoms with E-state index in [-0.39, 0.29) is 28.9 Å². The Morgan fingerprint density at radius 3 is 2.64 bits per heavy atom. The normalized spacial score (nSPS) is 15.5. The van der Waals surface area contributed by atoms with Crippen molar-refractivity contribution in [3.8, 4) is 0 Å². The number of nitrogens with zero attached hydrogens (tertiary/aromatic N) is 2. The van der Waals surface area contributed by atoms with E-state index in [1.54, 1.807) is 12.1 Å². The van der Waals surface area contributed by atoms with Gasteiger partial charge in [0.2, 0.25) is 10.0 Å². The zero-order valence-electron chi connectivity index (χ0n) is 12.7. The Morgan fingerprint density at radius 2 is 2.05 bits per heavy atom. The molecule has 0 aromatic heterocycles. The molecule has 2 rings (SSSR count). The molecule has 0 saturated carbocycles. The summed E-state index contributed by atoms with van der Waals surface area (Å²) in [5, 5.41) is 8.42. The summed E-state index contributed by atoms with van der Waals surface area (Å²) < 4.78 is 22.7. The Labute approximate surface area is 149 Å². The summed E-state index contributed by atoms with van der Waals surface area (Å²) in [6, 6.07) is 6.61. The minimum Gasteiger partial charge on any atom is -0.357 e. The van der Waals surface area contributed by atoms with Crippen LogP contribution in [0.1, 0.15) is 25.3 Å². The molecular weight excluding hydrogens is 415 g/mol. The number of benzene rings is 1. The van der Waals surface area contributed by atoms with Crippen LogP contribution >= 0.6 is 24.0 Å². The number of aliphatic imine (C=N–C) groups is 1. The van der Waals surface area contributed by atoms with Gasteiger partial charge in [-0.3, -0.25) is 0 Å². The van der Waals surface area contributed by atoms with Crippen LogP contribution in [0.15, 0.2) is 34.2 Å². The van der Waals surface area contributed by atoms with Crippen LogP contribution in [0.2, 0.25) is 0 Å². The van der Waals surface area contributed by atoms with E-state index < -0.39 is 10.0 Å². The van der Waals surface area contributed by atoms with Crippen LogP contribution < -0.4 is 10.5 Å². The molecule has 1 aromatic rings. The average Bonchev–Trinajstić information content (AvgIpc) is 2.97. The van der Waals surface area contributed by atoms with Crippen molar-refractivity contribution in [2.45, 2.75) is 31.2 Å². The van der Waals surface area contributed by atoms with Crippen LogP contribution in [0.4, 0.5) is 0 Å². The molecule has 0 aliphatic carbocycles. The largest absolute Gasteiger partial charge is 0.357 e. The van der Waals surface area contributed by atoms with E-state index in [2.05, 4.69) is 15.2 Å². The number of nitrogens with one attached hydrogen (secondary N) is 1. The Morgan fingerprint density at radius 1 is 1.36 bits per heavy atom.